The molecule has 0 aromatic carbocycles. The molecule has 4 heteroatoms. The third-order valence-electron chi connectivity index (χ3n) is 3.31. The summed E-state index contributed by atoms with van der Waals surface area (Å²) in [5.41, 5.74) is -0.214. The van der Waals surface area contributed by atoms with Gasteiger partial charge in [0.05, 0.1) is 12.6 Å². The Bertz CT molecular complexity index is 287. The van der Waals surface area contributed by atoms with Gasteiger partial charge in [-0.25, -0.2) is 0 Å². The molecule has 1 aliphatic rings. The zero-order valence-corrected chi connectivity index (χ0v) is 10.7. The molecule has 1 fully saturated rings. The van der Waals surface area contributed by atoms with Crippen LogP contribution in [0.4, 0.5) is 0 Å². The molecule has 1 aliphatic heterocycles. The minimum absolute atomic E-state index is 0.0400. The van der Waals surface area contributed by atoms with E-state index in [1.807, 2.05) is 13.8 Å². The lowest BCUT2D eigenvalue weighted by molar-refractivity contribution is -0.141. The van der Waals surface area contributed by atoms with Gasteiger partial charge in [-0.05, 0) is 47.1 Å². The molecule has 1 heterocycles. The van der Waals surface area contributed by atoms with Crippen LogP contribution in [0.1, 0.15) is 40.0 Å². The molecule has 0 saturated carbocycles. The molecule has 0 spiro atoms. The summed E-state index contributed by atoms with van der Waals surface area (Å²) in [6.07, 6.45) is 2.82. The van der Waals surface area contributed by atoms with Crippen molar-refractivity contribution in [2.45, 2.75) is 51.6 Å². The van der Waals surface area contributed by atoms with Crippen molar-refractivity contribution in [1.29, 1.82) is 0 Å². The first-order chi connectivity index (χ1) is 7.38. The second kappa shape index (κ2) is 4.95. The van der Waals surface area contributed by atoms with Crippen LogP contribution in [0.5, 0.6) is 0 Å². The maximum atomic E-state index is 12.2. The monoisotopic (exact) mass is 226 g/mol. The number of carbonyl (C=O) groups is 2. The van der Waals surface area contributed by atoms with Crippen molar-refractivity contribution >= 4 is 11.7 Å². The zero-order chi connectivity index (χ0) is 12.3. The number of hydrogen-bond donors (Lipinski definition) is 1. The molecule has 0 aromatic rings. The molecule has 0 aromatic heterocycles. The van der Waals surface area contributed by atoms with Crippen molar-refractivity contribution in [2.24, 2.45) is 0 Å². The van der Waals surface area contributed by atoms with Crippen molar-refractivity contribution in [3.05, 3.63) is 0 Å². The summed E-state index contributed by atoms with van der Waals surface area (Å²) in [4.78, 5) is 25.2. The molecule has 0 radical (unpaired) electrons. The van der Waals surface area contributed by atoms with Crippen molar-refractivity contribution < 1.29 is 9.59 Å². The van der Waals surface area contributed by atoms with Crippen LogP contribution in [0.25, 0.3) is 0 Å². The predicted octanol–water partition coefficient (Wildman–Crippen LogP) is 0.954. The van der Waals surface area contributed by atoms with Gasteiger partial charge in [0.15, 0.2) is 0 Å². The average molecular weight is 226 g/mol. The molecule has 1 N–H and O–H groups in total. The van der Waals surface area contributed by atoms with Crippen LogP contribution in [0.15, 0.2) is 0 Å². The van der Waals surface area contributed by atoms with Gasteiger partial charge in [-0.1, -0.05) is 0 Å². The minimum Gasteiger partial charge on any atom is -0.329 e. The highest BCUT2D eigenvalue weighted by Crippen LogP contribution is 2.27. The first kappa shape index (κ1) is 13.2. The Morgan fingerprint density at radius 3 is 2.69 bits per heavy atom. The second-order valence-corrected chi connectivity index (χ2v) is 5.17. The number of likely N-dealkylation sites (tertiary alicyclic amines) is 1. The highest BCUT2D eigenvalue weighted by molar-refractivity contribution is 5.88. The Morgan fingerprint density at radius 2 is 2.19 bits per heavy atom. The van der Waals surface area contributed by atoms with Gasteiger partial charge in [-0.3, -0.25) is 9.59 Å². The molecule has 1 atom stereocenters. The Hall–Kier alpha value is -0.900. The van der Waals surface area contributed by atoms with Crippen LogP contribution in [0.3, 0.4) is 0 Å². The van der Waals surface area contributed by atoms with Crippen LogP contribution < -0.4 is 5.32 Å². The van der Waals surface area contributed by atoms with Crippen LogP contribution in [-0.4, -0.2) is 41.8 Å². The fraction of sp³-hybridized carbons (Fsp3) is 0.833. The number of rotatable bonds is 3. The van der Waals surface area contributed by atoms with Gasteiger partial charge in [0.1, 0.15) is 5.78 Å². The van der Waals surface area contributed by atoms with E-state index in [2.05, 4.69) is 5.32 Å². The summed E-state index contributed by atoms with van der Waals surface area (Å²) in [6.45, 7) is 5.82. The van der Waals surface area contributed by atoms with Crippen molar-refractivity contribution in [3.63, 3.8) is 0 Å². The second-order valence-electron chi connectivity index (χ2n) is 5.17. The van der Waals surface area contributed by atoms with E-state index in [0.717, 1.165) is 19.3 Å². The van der Waals surface area contributed by atoms with Gasteiger partial charge < -0.3 is 10.2 Å². The summed E-state index contributed by atoms with van der Waals surface area (Å²) in [5, 5.41) is 3.03. The molecule has 0 bridgehead atoms. The standard InChI is InChI=1S/C12H22N2O2/c1-9(15)8-14-11(16)10(13-4)6-5-7-12(14,2)3/h10,13H,5-8H2,1-4H3. The highest BCUT2D eigenvalue weighted by Gasteiger charge is 2.37. The van der Waals surface area contributed by atoms with Crippen LogP contribution in [-0.2, 0) is 9.59 Å². The van der Waals surface area contributed by atoms with E-state index in [9.17, 15) is 9.59 Å². The lowest BCUT2D eigenvalue weighted by Crippen LogP contribution is -2.53. The number of nitrogens with zero attached hydrogens (tertiary/aromatic N) is 1. The number of carbonyl (C=O) groups excluding carboxylic acids is 2. The number of ketones is 1. The molecule has 4 nitrogen and oxygen atoms in total. The molecule has 1 rings (SSSR count). The topological polar surface area (TPSA) is 49.4 Å². The van der Waals surface area contributed by atoms with Crippen LogP contribution in [0.2, 0.25) is 0 Å². The van der Waals surface area contributed by atoms with E-state index in [-0.39, 0.29) is 29.8 Å². The van der Waals surface area contributed by atoms with Gasteiger partial charge in [-0.2, -0.15) is 0 Å². The minimum atomic E-state index is -0.214. The van der Waals surface area contributed by atoms with Gasteiger partial charge in [0.25, 0.3) is 0 Å². The lowest BCUT2D eigenvalue weighted by Gasteiger charge is -2.37. The van der Waals surface area contributed by atoms with Gasteiger partial charge in [0, 0.05) is 5.54 Å². The van der Waals surface area contributed by atoms with Gasteiger partial charge in [-0.15, -0.1) is 0 Å². The van der Waals surface area contributed by atoms with E-state index in [0.29, 0.717) is 0 Å². The fourth-order valence-electron chi connectivity index (χ4n) is 2.27. The van der Waals surface area contributed by atoms with E-state index in [4.69, 9.17) is 0 Å². The fourth-order valence-corrected chi connectivity index (χ4v) is 2.27. The smallest absolute Gasteiger partial charge is 0.240 e. The van der Waals surface area contributed by atoms with E-state index >= 15 is 0 Å². The normalized spacial score (nSPS) is 25.4. The molecular weight excluding hydrogens is 204 g/mol. The van der Waals surface area contributed by atoms with Crippen molar-refractivity contribution in [2.75, 3.05) is 13.6 Å². The number of Topliss-reactive ketones (excluding diaryl/α,β-unsaturated/α-hetero) is 1. The first-order valence-electron chi connectivity index (χ1n) is 5.86. The molecule has 92 valence electrons. The van der Waals surface area contributed by atoms with Crippen LogP contribution in [0, 0.1) is 0 Å². The molecule has 16 heavy (non-hydrogen) atoms. The number of likely N-dealkylation sites (N-methyl/N-ethyl adjacent to an activating group) is 1. The third-order valence-corrected chi connectivity index (χ3v) is 3.31. The summed E-state index contributed by atoms with van der Waals surface area (Å²) < 4.78 is 0. The Balaban J connectivity index is 2.92. The molecule has 1 unspecified atom stereocenters. The number of hydrogen-bond acceptors (Lipinski definition) is 3. The lowest BCUT2D eigenvalue weighted by atomic mass is 9.96. The largest absolute Gasteiger partial charge is 0.329 e. The van der Waals surface area contributed by atoms with E-state index in [1.54, 1.807) is 11.9 Å². The summed E-state index contributed by atoms with van der Waals surface area (Å²) >= 11 is 0. The molecule has 0 aliphatic carbocycles. The van der Waals surface area contributed by atoms with E-state index < -0.39 is 0 Å². The Labute approximate surface area is 97.4 Å². The summed E-state index contributed by atoms with van der Waals surface area (Å²) in [5.74, 6) is 0.0957. The maximum absolute atomic E-state index is 12.2. The van der Waals surface area contributed by atoms with Crippen LogP contribution >= 0.6 is 0 Å². The van der Waals surface area contributed by atoms with Crippen molar-refractivity contribution in [3.8, 4) is 0 Å². The predicted molar refractivity (Wildman–Crippen MR) is 63.2 cm³/mol. The van der Waals surface area contributed by atoms with Crippen molar-refractivity contribution in [1.82, 2.24) is 10.2 Å². The summed E-state index contributed by atoms with van der Waals surface area (Å²) in [6, 6.07) is -0.138. The Kier molecular flexibility index (Phi) is 4.08. The Morgan fingerprint density at radius 1 is 1.56 bits per heavy atom. The highest BCUT2D eigenvalue weighted by atomic mass is 16.2. The SMILES string of the molecule is CNC1CCCC(C)(C)N(CC(C)=O)C1=O. The quantitative estimate of drug-likeness (QED) is 0.779. The molecule has 1 amide bonds. The van der Waals surface area contributed by atoms with Gasteiger partial charge >= 0.3 is 0 Å². The molecular formula is C12H22N2O2. The zero-order valence-electron chi connectivity index (χ0n) is 10.7. The number of nitrogens with one attached hydrogen (secondary N) is 1. The first-order valence-corrected chi connectivity index (χ1v) is 5.86. The third kappa shape index (κ3) is 2.82. The molecule has 1 saturated heterocycles. The van der Waals surface area contributed by atoms with E-state index in [1.165, 1.54) is 6.92 Å². The number of amides is 1. The maximum Gasteiger partial charge on any atom is 0.240 e. The summed E-state index contributed by atoms with van der Waals surface area (Å²) in [7, 11) is 1.80. The van der Waals surface area contributed by atoms with Gasteiger partial charge in [0.2, 0.25) is 5.91 Å². The average Bonchev–Trinajstić information content (AvgIpc) is 2.28.